The maximum atomic E-state index is 12.5. The smallest absolute Gasteiger partial charge is 0.265 e. The van der Waals surface area contributed by atoms with Crippen molar-refractivity contribution >= 4 is 50.5 Å². The largest absolute Gasteiger partial charge is 0.348 e. The van der Waals surface area contributed by atoms with Gasteiger partial charge in [0.15, 0.2) is 0 Å². The number of carbonyl (C=O) groups excluding carboxylic acids is 2. The molecule has 0 aliphatic rings. The molecule has 1 aromatic heterocycles. The van der Waals surface area contributed by atoms with Crippen molar-refractivity contribution in [3.05, 3.63) is 86.6 Å². The lowest BCUT2D eigenvalue weighted by molar-refractivity contribution is 0.0949. The van der Waals surface area contributed by atoms with Crippen molar-refractivity contribution in [2.45, 2.75) is 12.3 Å². The monoisotopic (exact) mass is 477 g/mol. The lowest BCUT2D eigenvalue weighted by Gasteiger charge is -2.10. The van der Waals surface area contributed by atoms with E-state index in [-0.39, 0.29) is 24.1 Å². The summed E-state index contributed by atoms with van der Waals surface area (Å²) in [5.74, 6) is -0.735. The molecule has 2 aromatic carbocycles. The summed E-state index contributed by atoms with van der Waals surface area (Å²) in [6.45, 7) is 0.261. The summed E-state index contributed by atoms with van der Waals surface area (Å²) in [6, 6.07) is 15.1. The molecule has 0 unspecified atom stereocenters. The molecular weight excluding hydrogens is 458 g/mol. The second kappa shape index (κ2) is 10.1. The Morgan fingerprint density at radius 2 is 1.71 bits per heavy atom. The Balaban J connectivity index is 1.62. The van der Waals surface area contributed by atoms with Gasteiger partial charge in [0, 0.05) is 12.1 Å². The van der Waals surface area contributed by atoms with Crippen LogP contribution in [0.4, 0.5) is 5.69 Å². The number of carbonyl (C=O) groups is 2. The van der Waals surface area contributed by atoms with E-state index in [2.05, 4.69) is 15.4 Å². The molecule has 0 radical (unpaired) electrons. The van der Waals surface area contributed by atoms with Gasteiger partial charge in [-0.15, -0.1) is 11.3 Å². The zero-order valence-corrected chi connectivity index (χ0v) is 18.9. The van der Waals surface area contributed by atoms with Gasteiger partial charge >= 0.3 is 0 Å². The number of hydrogen-bond donors (Lipinski definition) is 3. The van der Waals surface area contributed by atoms with Crippen LogP contribution in [0.15, 0.2) is 60.0 Å². The van der Waals surface area contributed by atoms with E-state index in [1.54, 1.807) is 53.9 Å². The molecule has 3 rings (SSSR count). The maximum absolute atomic E-state index is 12.5. The Morgan fingerprint density at radius 3 is 2.35 bits per heavy atom. The minimum Gasteiger partial charge on any atom is -0.348 e. The predicted molar refractivity (Wildman–Crippen MR) is 123 cm³/mol. The fourth-order valence-electron chi connectivity index (χ4n) is 2.68. The van der Waals surface area contributed by atoms with Crippen molar-refractivity contribution in [2.24, 2.45) is 0 Å². The van der Waals surface area contributed by atoms with Gasteiger partial charge in [0.25, 0.3) is 11.8 Å². The quantitative estimate of drug-likeness (QED) is 0.460. The number of benzene rings is 2. The maximum Gasteiger partial charge on any atom is 0.265 e. The third-order valence-corrected chi connectivity index (χ3v) is 6.90. The molecule has 1 heterocycles. The number of halogens is 1. The Hall–Kier alpha value is -2.72. The van der Waals surface area contributed by atoms with E-state index in [0.29, 0.717) is 26.7 Å². The summed E-state index contributed by atoms with van der Waals surface area (Å²) in [5, 5.41) is 7.64. The minimum atomic E-state index is -3.34. The summed E-state index contributed by atoms with van der Waals surface area (Å²) in [5.41, 5.74) is 2.16. The summed E-state index contributed by atoms with van der Waals surface area (Å²) >= 11 is 7.47. The minimum absolute atomic E-state index is 0.110. The first-order valence-corrected chi connectivity index (χ1v) is 12.1. The molecule has 0 saturated heterocycles. The number of anilines is 1. The van der Waals surface area contributed by atoms with Gasteiger partial charge in [0.2, 0.25) is 10.0 Å². The molecule has 0 aliphatic heterocycles. The van der Waals surface area contributed by atoms with Crippen molar-refractivity contribution in [2.75, 3.05) is 12.4 Å². The van der Waals surface area contributed by atoms with Gasteiger partial charge in [-0.3, -0.25) is 9.59 Å². The highest BCUT2D eigenvalue weighted by molar-refractivity contribution is 7.88. The van der Waals surface area contributed by atoms with Crippen LogP contribution in [0.25, 0.3) is 0 Å². The molecule has 31 heavy (non-hydrogen) atoms. The third kappa shape index (κ3) is 6.38. The van der Waals surface area contributed by atoms with Crippen LogP contribution in [0.5, 0.6) is 0 Å². The molecule has 0 fully saturated rings. The van der Waals surface area contributed by atoms with Crippen LogP contribution < -0.4 is 15.4 Å². The van der Waals surface area contributed by atoms with E-state index >= 15 is 0 Å². The molecule has 10 heteroatoms. The average Bonchev–Trinajstić information content (AvgIpc) is 3.29. The molecular formula is C21H20ClN3O4S2. The zero-order valence-electron chi connectivity index (χ0n) is 16.5. The first kappa shape index (κ1) is 23.0. The number of sulfonamides is 1. The molecule has 0 aliphatic carbocycles. The highest BCUT2D eigenvalue weighted by atomic mass is 35.5. The molecule has 162 valence electrons. The fraction of sp³-hybridized carbons (Fsp3) is 0.143. The van der Waals surface area contributed by atoms with Crippen molar-refractivity contribution in [1.29, 1.82) is 0 Å². The average molecular weight is 478 g/mol. The van der Waals surface area contributed by atoms with E-state index in [0.717, 1.165) is 5.56 Å². The molecule has 0 atom stereocenters. The van der Waals surface area contributed by atoms with Crippen molar-refractivity contribution in [1.82, 2.24) is 10.0 Å². The van der Waals surface area contributed by atoms with Gasteiger partial charge in [-0.2, -0.15) is 0 Å². The Morgan fingerprint density at radius 1 is 1.00 bits per heavy atom. The summed E-state index contributed by atoms with van der Waals surface area (Å²) in [4.78, 5) is 25.3. The van der Waals surface area contributed by atoms with Gasteiger partial charge < -0.3 is 10.6 Å². The van der Waals surface area contributed by atoms with Gasteiger partial charge in [0.1, 0.15) is 0 Å². The van der Waals surface area contributed by atoms with Gasteiger partial charge in [-0.1, -0.05) is 41.9 Å². The van der Waals surface area contributed by atoms with E-state index in [1.165, 1.54) is 24.5 Å². The normalized spacial score (nSPS) is 11.2. The van der Waals surface area contributed by atoms with Crippen molar-refractivity contribution in [3.63, 3.8) is 0 Å². The van der Waals surface area contributed by atoms with Crippen LogP contribution in [0.2, 0.25) is 5.02 Å². The molecule has 2 amide bonds. The predicted octanol–water partition coefficient (Wildman–Crippen LogP) is 3.63. The number of nitrogens with one attached hydrogen (secondary N) is 3. The SMILES string of the molecule is CNS(=O)(=O)Cc1ccc(CNC(=O)c2ccc(Cl)c(NC(=O)c3cccs3)c2)cc1. The molecule has 3 N–H and O–H groups in total. The molecule has 0 bridgehead atoms. The summed E-state index contributed by atoms with van der Waals surface area (Å²) in [7, 11) is -1.97. The van der Waals surface area contributed by atoms with E-state index in [9.17, 15) is 18.0 Å². The van der Waals surface area contributed by atoms with Crippen LogP contribution >= 0.6 is 22.9 Å². The van der Waals surface area contributed by atoms with Crippen molar-refractivity contribution in [3.8, 4) is 0 Å². The lowest BCUT2D eigenvalue weighted by atomic mass is 10.1. The molecule has 3 aromatic rings. The van der Waals surface area contributed by atoms with E-state index in [1.807, 2.05) is 0 Å². The fourth-order valence-corrected chi connectivity index (χ4v) is 4.24. The molecule has 0 saturated carbocycles. The first-order chi connectivity index (χ1) is 14.8. The summed E-state index contributed by atoms with van der Waals surface area (Å²) < 4.78 is 25.5. The zero-order chi connectivity index (χ0) is 22.4. The topological polar surface area (TPSA) is 104 Å². The standard InChI is InChI=1S/C21H20ClN3O4S2/c1-23-31(28,29)13-15-6-4-14(5-7-15)12-24-20(26)16-8-9-17(22)18(11-16)25-21(27)19-3-2-10-30-19/h2-11,23H,12-13H2,1H3,(H,24,26)(H,25,27). The number of hydrogen-bond acceptors (Lipinski definition) is 5. The number of amides is 2. The van der Waals surface area contributed by atoms with Crippen molar-refractivity contribution < 1.29 is 18.0 Å². The van der Waals surface area contributed by atoms with Gasteiger partial charge in [-0.25, -0.2) is 13.1 Å². The van der Waals surface area contributed by atoms with Crippen LogP contribution in [0.1, 0.15) is 31.2 Å². The lowest BCUT2D eigenvalue weighted by Crippen LogP contribution is -2.23. The Labute approximate surface area is 189 Å². The first-order valence-electron chi connectivity index (χ1n) is 9.19. The third-order valence-electron chi connectivity index (χ3n) is 4.37. The van der Waals surface area contributed by atoms with E-state index < -0.39 is 10.0 Å². The second-order valence-electron chi connectivity index (χ2n) is 6.59. The Bertz CT molecular complexity index is 1180. The number of thiophene rings is 1. The van der Waals surface area contributed by atoms with Crippen LogP contribution in [0.3, 0.4) is 0 Å². The van der Waals surface area contributed by atoms with Gasteiger partial charge in [-0.05, 0) is 47.8 Å². The molecule has 0 spiro atoms. The van der Waals surface area contributed by atoms with Gasteiger partial charge in [0.05, 0.1) is 21.3 Å². The second-order valence-corrected chi connectivity index (χ2v) is 9.87. The summed E-state index contributed by atoms with van der Waals surface area (Å²) in [6.07, 6.45) is 0. The van der Waals surface area contributed by atoms with Crippen LogP contribution in [-0.4, -0.2) is 27.3 Å². The molecule has 7 nitrogen and oxygen atoms in total. The Kier molecular flexibility index (Phi) is 7.45. The van der Waals surface area contributed by atoms with Crippen LogP contribution in [0, 0.1) is 0 Å². The highest BCUT2D eigenvalue weighted by Crippen LogP contribution is 2.24. The van der Waals surface area contributed by atoms with Crippen LogP contribution in [-0.2, 0) is 22.3 Å². The number of rotatable bonds is 8. The van der Waals surface area contributed by atoms with E-state index in [4.69, 9.17) is 11.6 Å². The highest BCUT2D eigenvalue weighted by Gasteiger charge is 2.13.